The summed E-state index contributed by atoms with van der Waals surface area (Å²) in [5.74, 6) is 0.458. The SMILES string of the molecule is CCCCc1[nH]cnc(=S)c1C(C)C. The van der Waals surface area contributed by atoms with Crippen molar-refractivity contribution in [2.24, 2.45) is 0 Å². The summed E-state index contributed by atoms with van der Waals surface area (Å²) < 4.78 is 0.754. The highest BCUT2D eigenvalue weighted by molar-refractivity contribution is 7.71. The van der Waals surface area contributed by atoms with Crippen LogP contribution in [0.5, 0.6) is 0 Å². The minimum Gasteiger partial charge on any atom is -0.349 e. The Morgan fingerprint density at radius 1 is 1.50 bits per heavy atom. The van der Waals surface area contributed by atoms with E-state index >= 15 is 0 Å². The first-order valence-corrected chi connectivity index (χ1v) is 5.64. The summed E-state index contributed by atoms with van der Waals surface area (Å²) in [5, 5.41) is 0. The quantitative estimate of drug-likeness (QED) is 0.769. The molecule has 1 heterocycles. The molecular weight excluding hydrogens is 192 g/mol. The summed E-state index contributed by atoms with van der Waals surface area (Å²) in [6, 6.07) is 0. The highest BCUT2D eigenvalue weighted by Crippen LogP contribution is 2.19. The highest BCUT2D eigenvalue weighted by atomic mass is 32.1. The fourth-order valence-corrected chi connectivity index (χ4v) is 2.01. The van der Waals surface area contributed by atoms with E-state index in [9.17, 15) is 0 Å². The summed E-state index contributed by atoms with van der Waals surface area (Å²) in [7, 11) is 0. The van der Waals surface area contributed by atoms with E-state index in [2.05, 4.69) is 30.7 Å². The highest BCUT2D eigenvalue weighted by Gasteiger charge is 2.08. The second kappa shape index (κ2) is 5.25. The van der Waals surface area contributed by atoms with Crippen molar-refractivity contribution < 1.29 is 0 Å². The molecule has 0 radical (unpaired) electrons. The molecule has 1 aromatic heterocycles. The molecule has 14 heavy (non-hydrogen) atoms. The van der Waals surface area contributed by atoms with Gasteiger partial charge >= 0.3 is 0 Å². The van der Waals surface area contributed by atoms with Crippen LogP contribution < -0.4 is 0 Å². The second-order valence-electron chi connectivity index (χ2n) is 3.86. The van der Waals surface area contributed by atoms with Gasteiger partial charge in [0.25, 0.3) is 0 Å². The molecule has 0 amide bonds. The predicted molar refractivity (Wildman–Crippen MR) is 62.1 cm³/mol. The molecule has 0 spiro atoms. The van der Waals surface area contributed by atoms with Gasteiger partial charge in [0.15, 0.2) is 0 Å². The summed E-state index contributed by atoms with van der Waals surface area (Å²) in [5.41, 5.74) is 2.48. The van der Waals surface area contributed by atoms with Gasteiger partial charge in [-0.15, -0.1) is 0 Å². The lowest BCUT2D eigenvalue weighted by Gasteiger charge is -2.11. The summed E-state index contributed by atoms with van der Waals surface area (Å²) in [6.45, 7) is 6.52. The van der Waals surface area contributed by atoms with Gasteiger partial charge in [-0.2, -0.15) is 0 Å². The van der Waals surface area contributed by atoms with Crippen molar-refractivity contribution in [2.75, 3.05) is 0 Å². The first kappa shape index (κ1) is 11.4. The smallest absolute Gasteiger partial charge is 0.133 e. The van der Waals surface area contributed by atoms with E-state index in [1.807, 2.05) is 0 Å². The fraction of sp³-hybridized carbons (Fsp3) is 0.636. The number of hydrogen-bond donors (Lipinski definition) is 1. The van der Waals surface area contributed by atoms with Crippen LogP contribution >= 0.6 is 12.2 Å². The lowest BCUT2D eigenvalue weighted by atomic mass is 10.0. The molecule has 0 aliphatic heterocycles. The summed E-state index contributed by atoms with van der Waals surface area (Å²) in [6.07, 6.45) is 5.20. The maximum atomic E-state index is 5.24. The maximum Gasteiger partial charge on any atom is 0.133 e. The number of unbranched alkanes of at least 4 members (excludes halogenated alkanes) is 1. The third-order valence-electron chi connectivity index (χ3n) is 2.33. The van der Waals surface area contributed by atoms with Gasteiger partial charge in [-0.25, -0.2) is 4.98 Å². The first-order valence-electron chi connectivity index (χ1n) is 5.23. The molecule has 0 aromatic carbocycles. The molecule has 78 valence electrons. The van der Waals surface area contributed by atoms with Crippen molar-refractivity contribution in [3.8, 4) is 0 Å². The number of H-pyrrole nitrogens is 1. The monoisotopic (exact) mass is 210 g/mol. The topological polar surface area (TPSA) is 28.7 Å². The molecule has 0 saturated heterocycles. The second-order valence-corrected chi connectivity index (χ2v) is 4.24. The van der Waals surface area contributed by atoms with E-state index in [0.29, 0.717) is 5.92 Å². The molecule has 1 rings (SSSR count). The summed E-state index contributed by atoms with van der Waals surface area (Å²) >= 11 is 5.24. The molecule has 0 atom stereocenters. The van der Waals surface area contributed by atoms with Crippen molar-refractivity contribution in [2.45, 2.75) is 46.0 Å². The Morgan fingerprint density at radius 3 is 2.79 bits per heavy atom. The normalized spacial score (nSPS) is 10.9. The summed E-state index contributed by atoms with van der Waals surface area (Å²) in [4.78, 5) is 7.34. The minimum absolute atomic E-state index is 0.458. The van der Waals surface area contributed by atoms with Gasteiger partial charge in [0, 0.05) is 11.3 Å². The lowest BCUT2D eigenvalue weighted by Crippen LogP contribution is -2.02. The Hall–Kier alpha value is -0.700. The van der Waals surface area contributed by atoms with Gasteiger partial charge in [-0.3, -0.25) is 0 Å². The zero-order valence-corrected chi connectivity index (χ0v) is 9.95. The van der Waals surface area contributed by atoms with E-state index in [1.165, 1.54) is 24.1 Å². The molecule has 0 unspecified atom stereocenters. The molecule has 2 nitrogen and oxygen atoms in total. The molecule has 0 bridgehead atoms. The third kappa shape index (κ3) is 2.64. The molecule has 1 N–H and O–H groups in total. The number of aromatic amines is 1. The molecule has 0 aliphatic carbocycles. The molecule has 3 heteroatoms. The molecule has 0 fully saturated rings. The van der Waals surface area contributed by atoms with E-state index in [1.54, 1.807) is 6.33 Å². The van der Waals surface area contributed by atoms with Crippen molar-refractivity contribution in [1.29, 1.82) is 0 Å². The zero-order valence-electron chi connectivity index (χ0n) is 9.13. The van der Waals surface area contributed by atoms with Crippen molar-refractivity contribution in [3.63, 3.8) is 0 Å². The molecule has 1 aromatic rings. The van der Waals surface area contributed by atoms with Crippen LogP contribution in [0.15, 0.2) is 6.33 Å². The Balaban J connectivity index is 3.02. The zero-order chi connectivity index (χ0) is 10.6. The van der Waals surface area contributed by atoms with E-state index in [0.717, 1.165) is 11.1 Å². The van der Waals surface area contributed by atoms with E-state index in [-0.39, 0.29) is 0 Å². The minimum atomic E-state index is 0.458. The Morgan fingerprint density at radius 2 is 2.21 bits per heavy atom. The molecule has 0 aliphatic rings. The predicted octanol–water partition coefficient (Wildman–Crippen LogP) is 3.61. The Kier molecular flexibility index (Phi) is 4.26. The number of rotatable bonds is 4. The number of nitrogens with zero attached hydrogens (tertiary/aromatic N) is 1. The van der Waals surface area contributed by atoms with Crippen molar-refractivity contribution >= 4 is 12.2 Å². The van der Waals surface area contributed by atoms with E-state index in [4.69, 9.17) is 12.2 Å². The van der Waals surface area contributed by atoms with Gasteiger partial charge in [-0.1, -0.05) is 39.4 Å². The maximum absolute atomic E-state index is 5.24. The standard InChI is InChI=1S/C11H18N2S/c1-4-5-6-9-10(8(2)3)11(14)13-7-12-9/h7-8H,4-6H2,1-3H3,(H,12,13,14). The van der Waals surface area contributed by atoms with Crippen LogP contribution in [0.2, 0.25) is 0 Å². The molecular formula is C11H18N2S. The Labute approximate surface area is 90.8 Å². The van der Waals surface area contributed by atoms with Crippen LogP contribution in [0.3, 0.4) is 0 Å². The van der Waals surface area contributed by atoms with Crippen LogP contribution in [0.4, 0.5) is 0 Å². The fourth-order valence-electron chi connectivity index (χ4n) is 1.60. The van der Waals surface area contributed by atoms with Gasteiger partial charge in [-0.05, 0) is 18.8 Å². The average Bonchev–Trinajstić information content (AvgIpc) is 2.14. The van der Waals surface area contributed by atoms with Crippen LogP contribution in [0.25, 0.3) is 0 Å². The number of aryl methyl sites for hydroxylation is 1. The van der Waals surface area contributed by atoms with Crippen LogP contribution in [-0.2, 0) is 6.42 Å². The lowest BCUT2D eigenvalue weighted by molar-refractivity contribution is 0.735. The molecule has 0 saturated carbocycles. The van der Waals surface area contributed by atoms with Crippen LogP contribution in [0.1, 0.15) is 50.8 Å². The van der Waals surface area contributed by atoms with Gasteiger partial charge in [0.2, 0.25) is 0 Å². The first-order chi connectivity index (χ1) is 6.66. The number of nitrogens with one attached hydrogen (secondary N) is 1. The average molecular weight is 210 g/mol. The van der Waals surface area contributed by atoms with Crippen molar-refractivity contribution in [1.82, 2.24) is 9.97 Å². The number of aromatic nitrogens is 2. The van der Waals surface area contributed by atoms with Crippen LogP contribution in [-0.4, -0.2) is 9.97 Å². The third-order valence-corrected chi connectivity index (χ3v) is 2.66. The van der Waals surface area contributed by atoms with Gasteiger partial charge < -0.3 is 4.98 Å². The Bertz CT molecular complexity index is 341. The van der Waals surface area contributed by atoms with E-state index < -0.39 is 0 Å². The van der Waals surface area contributed by atoms with Crippen molar-refractivity contribution in [3.05, 3.63) is 22.2 Å². The number of hydrogen-bond acceptors (Lipinski definition) is 2. The van der Waals surface area contributed by atoms with Gasteiger partial charge in [0.05, 0.1) is 6.33 Å². The van der Waals surface area contributed by atoms with Crippen LogP contribution in [0, 0.1) is 4.64 Å². The van der Waals surface area contributed by atoms with Gasteiger partial charge in [0.1, 0.15) is 4.64 Å². The largest absolute Gasteiger partial charge is 0.349 e.